The Morgan fingerprint density at radius 3 is 2.40 bits per heavy atom. The highest BCUT2D eigenvalue weighted by Gasteiger charge is 2.41. The van der Waals surface area contributed by atoms with Crippen LogP contribution in [0.1, 0.15) is 31.2 Å². The van der Waals surface area contributed by atoms with Gasteiger partial charge in [-0.25, -0.2) is 4.98 Å². The Morgan fingerprint density at radius 1 is 0.933 bits per heavy atom. The summed E-state index contributed by atoms with van der Waals surface area (Å²) in [6.45, 7) is 3.78. The number of piperazine rings is 1. The van der Waals surface area contributed by atoms with Crippen LogP contribution in [0.5, 0.6) is 0 Å². The van der Waals surface area contributed by atoms with Gasteiger partial charge in [0.05, 0.1) is 5.92 Å². The molecule has 2 atom stereocenters. The summed E-state index contributed by atoms with van der Waals surface area (Å²) in [5, 5.41) is 3.02. The number of fused-ring (bicyclic) bond motifs is 1. The lowest BCUT2D eigenvalue weighted by Gasteiger charge is -2.39. The zero-order valence-electron chi connectivity index (χ0n) is 17.2. The molecule has 0 N–H and O–H groups in total. The number of nitrogens with zero attached hydrogens (tertiary/aromatic N) is 4. The van der Waals surface area contributed by atoms with E-state index >= 15 is 0 Å². The van der Waals surface area contributed by atoms with Gasteiger partial charge >= 0.3 is 0 Å². The minimum absolute atomic E-state index is 0.152. The molecule has 1 saturated carbocycles. The van der Waals surface area contributed by atoms with E-state index in [9.17, 15) is 9.59 Å². The minimum atomic E-state index is -0.186. The van der Waals surface area contributed by atoms with Gasteiger partial charge in [-0.2, -0.15) is 0 Å². The molecule has 2 amide bonds. The largest absolute Gasteiger partial charge is 0.345 e. The van der Waals surface area contributed by atoms with Crippen molar-refractivity contribution in [1.82, 2.24) is 9.88 Å². The monoisotopic (exact) mass is 424 g/mol. The number of anilines is 2. The predicted molar refractivity (Wildman–Crippen MR) is 119 cm³/mol. The van der Waals surface area contributed by atoms with Crippen LogP contribution in [0.15, 0.2) is 35.8 Å². The summed E-state index contributed by atoms with van der Waals surface area (Å²) in [4.78, 5) is 37.5. The normalized spacial score (nSPS) is 24.1. The van der Waals surface area contributed by atoms with Crippen molar-refractivity contribution >= 4 is 34.0 Å². The van der Waals surface area contributed by atoms with Gasteiger partial charge in [-0.1, -0.05) is 31.0 Å². The van der Waals surface area contributed by atoms with Gasteiger partial charge < -0.3 is 14.7 Å². The van der Waals surface area contributed by atoms with Crippen LogP contribution in [-0.2, 0) is 16.0 Å². The fourth-order valence-electron chi connectivity index (χ4n) is 5.21. The molecule has 1 saturated heterocycles. The van der Waals surface area contributed by atoms with Crippen LogP contribution in [0.25, 0.3) is 0 Å². The summed E-state index contributed by atoms with van der Waals surface area (Å²) in [6, 6.07) is 8.17. The van der Waals surface area contributed by atoms with Crippen molar-refractivity contribution in [1.29, 1.82) is 0 Å². The molecule has 2 fully saturated rings. The first-order valence-corrected chi connectivity index (χ1v) is 11.9. The Balaban J connectivity index is 1.27. The molecule has 2 aliphatic heterocycles. The number of rotatable bonds is 3. The Hall–Kier alpha value is -2.41. The van der Waals surface area contributed by atoms with Gasteiger partial charge in [-0.15, -0.1) is 11.3 Å². The number of amides is 2. The number of benzene rings is 1. The topological polar surface area (TPSA) is 56.8 Å². The zero-order valence-corrected chi connectivity index (χ0v) is 18.0. The summed E-state index contributed by atoms with van der Waals surface area (Å²) in [7, 11) is 0. The van der Waals surface area contributed by atoms with Gasteiger partial charge in [0.2, 0.25) is 11.8 Å². The SMILES string of the molecule is O=C([C@H]1CCCC[C@H]1C(=O)N1CCc2ccccc21)N1CCN(c2nccs2)CC1. The molecule has 1 aliphatic carbocycles. The first-order chi connectivity index (χ1) is 14.7. The maximum Gasteiger partial charge on any atom is 0.230 e. The van der Waals surface area contributed by atoms with Crippen LogP contribution in [0, 0.1) is 11.8 Å². The summed E-state index contributed by atoms with van der Waals surface area (Å²) in [5.41, 5.74) is 2.28. The average Bonchev–Trinajstić information content (AvgIpc) is 3.49. The fourth-order valence-corrected chi connectivity index (χ4v) is 5.91. The van der Waals surface area contributed by atoms with Gasteiger partial charge in [0.15, 0.2) is 5.13 Å². The predicted octanol–water partition coefficient (Wildman–Crippen LogP) is 3.19. The third-order valence-corrected chi connectivity index (χ3v) is 7.67. The van der Waals surface area contributed by atoms with Crippen molar-refractivity contribution in [2.24, 2.45) is 11.8 Å². The molecule has 0 radical (unpaired) electrons. The molecule has 1 aromatic heterocycles. The summed E-state index contributed by atoms with van der Waals surface area (Å²) in [6.07, 6.45) is 6.46. The van der Waals surface area contributed by atoms with E-state index < -0.39 is 0 Å². The molecule has 3 heterocycles. The van der Waals surface area contributed by atoms with Crippen LogP contribution < -0.4 is 9.80 Å². The zero-order chi connectivity index (χ0) is 20.5. The average molecular weight is 425 g/mol. The van der Waals surface area contributed by atoms with Crippen LogP contribution in [0.3, 0.4) is 0 Å². The number of aromatic nitrogens is 1. The summed E-state index contributed by atoms with van der Waals surface area (Å²) in [5.74, 6) is -0.0291. The second-order valence-corrected chi connectivity index (χ2v) is 9.37. The van der Waals surface area contributed by atoms with E-state index in [1.807, 2.05) is 39.6 Å². The number of hydrogen-bond acceptors (Lipinski definition) is 5. The minimum Gasteiger partial charge on any atom is -0.345 e. The number of carbonyl (C=O) groups is 2. The lowest BCUT2D eigenvalue weighted by molar-refractivity contribution is -0.143. The highest BCUT2D eigenvalue weighted by Crippen LogP contribution is 2.37. The Kier molecular flexibility index (Phi) is 5.46. The fraction of sp³-hybridized carbons (Fsp3) is 0.522. The van der Waals surface area contributed by atoms with E-state index in [1.165, 1.54) is 5.56 Å². The van der Waals surface area contributed by atoms with Gasteiger partial charge in [0.1, 0.15) is 0 Å². The van der Waals surface area contributed by atoms with Crippen molar-refractivity contribution in [3.63, 3.8) is 0 Å². The molecular weight excluding hydrogens is 396 g/mol. The van der Waals surface area contributed by atoms with E-state index in [1.54, 1.807) is 11.3 Å². The molecule has 2 aromatic rings. The lowest BCUT2D eigenvalue weighted by Crippen LogP contribution is -2.53. The van der Waals surface area contributed by atoms with Crippen LogP contribution >= 0.6 is 11.3 Å². The van der Waals surface area contributed by atoms with Crippen molar-refractivity contribution in [2.75, 3.05) is 42.5 Å². The van der Waals surface area contributed by atoms with Crippen molar-refractivity contribution in [3.8, 4) is 0 Å². The Bertz CT molecular complexity index is 908. The molecule has 0 spiro atoms. The second-order valence-electron chi connectivity index (χ2n) is 8.49. The number of thiazole rings is 1. The highest BCUT2D eigenvalue weighted by atomic mass is 32.1. The number of carbonyl (C=O) groups excluding carboxylic acids is 2. The van der Waals surface area contributed by atoms with Gasteiger partial charge in [-0.3, -0.25) is 9.59 Å². The first kappa shape index (κ1) is 19.5. The molecule has 1 aromatic carbocycles. The van der Waals surface area contributed by atoms with Gasteiger partial charge in [0, 0.05) is 55.9 Å². The lowest BCUT2D eigenvalue weighted by atomic mass is 9.77. The molecule has 6 nitrogen and oxygen atoms in total. The number of para-hydroxylation sites is 1. The van der Waals surface area contributed by atoms with E-state index in [2.05, 4.69) is 16.0 Å². The third-order valence-electron chi connectivity index (χ3n) is 6.83. The van der Waals surface area contributed by atoms with Crippen molar-refractivity contribution < 1.29 is 9.59 Å². The van der Waals surface area contributed by atoms with Crippen molar-refractivity contribution in [3.05, 3.63) is 41.4 Å². The summed E-state index contributed by atoms with van der Waals surface area (Å²) < 4.78 is 0. The van der Waals surface area contributed by atoms with Gasteiger partial charge in [0.25, 0.3) is 0 Å². The molecule has 30 heavy (non-hydrogen) atoms. The second kappa shape index (κ2) is 8.38. The van der Waals surface area contributed by atoms with Crippen LogP contribution in [0.4, 0.5) is 10.8 Å². The van der Waals surface area contributed by atoms with E-state index in [0.29, 0.717) is 13.1 Å². The smallest absolute Gasteiger partial charge is 0.230 e. The van der Waals surface area contributed by atoms with Crippen LogP contribution in [0.2, 0.25) is 0 Å². The van der Waals surface area contributed by atoms with E-state index in [-0.39, 0.29) is 23.7 Å². The standard InChI is InChI=1S/C23H28N4O2S/c28-21(25-12-14-26(15-13-25)23-24-10-16-30-23)18-6-2-3-7-19(18)22(29)27-11-9-17-5-1-4-8-20(17)27/h1,4-5,8,10,16,18-19H,2-3,6-7,9,11-15H2/t18-,19+/m0/s1. The van der Waals surface area contributed by atoms with Gasteiger partial charge in [-0.05, 0) is 30.9 Å². The number of hydrogen-bond donors (Lipinski definition) is 0. The molecule has 0 bridgehead atoms. The summed E-state index contributed by atoms with van der Waals surface area (Å²) >= 11 is 1.64. The maximum absolute atomic E-state index is 13.5. The maximum atomic E-state index is 13.5. The van der Waals surface area contributed by atoms with E-state index in [4.69, 9.17) is 0 Å². The van der Waals surface area contributed by atoms with Crippen LogP contribution in [-0.4, -0.2) is 54.4 Å². The Labute approximate surface area is 181 Å². The van der Waals surface area contributed by atoms with Crippen molar-refractivity contribution in [2.45, 2.75) is 32.1 Å². The third kappa shape index (κ3) is 3.60. The molecular formula is C23H28N4O2S. The quantitative estimate of drug-likeness (QED) is 0.759. The molecule has 3 aliphatic rings. The molecule has 158 valence electrons. The van der Waals surface area contributed by atoms with E-state index in [0.717, 1.165) is 62.6 Å². The molecule has 0 unspecified atom stereocenters. The first-order valence-electron chi connectivity index (χ1n) is 11.0. The highest BCUT2D eigenvalue weighted by molar-refractivity contribution is 7.13. The molecule has 5 rings (SSSR count). The molecule has 7 heteroatoms. The Morgan fingerprint density at radius 2 is 1.67 bits per heavy atom.